The van der Waals surface area contributed by atoms with Gasteiger partial charge in [0.25, 0.3) is 0 Å². The lowest BCUT2D eigenvalue weighted by molar-refractivity contribution is 0.300. The number of benzene rings is 2. The maximum absolute atomic E-state index is 9.31. The summed E-state index contributed by atoms with van der Waals surface area (Å²) < 4.78 is 4.07. The highest BCUT2D eigenvalue weighted by Gasteiger charge is 2.11. The van der Waals surface area contributed by atoms with Crippen molar-refractivity contribution < 1.29 is 5.11 Å². The van der Waals surface area contributed by atoms with E-state index in [-0.39, 0.29) is 6.61 Å². The van der Waals surface area contributed by atoms with Gasteiger partial charge in [-0.15, -0.1) is 0 Å². The maximum Gasteiger partial charge on any atom is 0.0740 e. The molecule has 0 saturated carbocycles. The summed E-state index contributed by atoms with van der Waals surface area (Å²) in [5, 5.41) is 15.0. The molecule has 0 radical (unpaired) electrons. The average molecular weight is 317 g/mol. The van der Waals surface area contributed by atoms with Gasteiger partial charge in [-0.05, 0) is 36.2 Å². The van der Waals surface area contributed by atoms with Crippen LogP contribution in [0.1, 0.15) is 5.56 Å². The number of aliphatic hydroxyl groups is 1. The van der Waals surface area contributed by atoms with Gasteiger partial charge >= 0.3 is 0 Å². The summed E-state index contributed by atoms with van der Waals surface area (Å²) in [5.41, 5.74) is 5.55. The third kappa shape index (κ3) is 2.41. The third-order valence-corrected chi connectivity index (χ3v) is 4.39. The molecule has 0 unspecified atom stereocenters. The molecule has 0 saturated heterocycles. The van der Waals surface area contributed by atoms with Gasteiger partial charge in [0.15, 0.2) is 0 Å². The highest BCUT2D eigenvalue weighted by Crippen LogP contribution is 2.27. The zero-order chi connectivity index (χ0) is 16.5. The molecule has 0 aliphatic carbocycles. The van der Waals surface area contributed by atoms with Crippen LogP contribution in [0.15, 0.2) is 67.0 Å². The molecule has 1 N–H and O–H groups in total. The number of aliphatic hydroxyl groups excluding tert-OH is 1. The first-order chi connectivity index (χ1) is 11.8. The smallest absolute Gasteiger partial charge is 0.0740 e. The van der Waals surface area contributed by atoms with E-state index < -0.39 is 0 Å². The van der Waals surface area contributed by atoms with Crippen molar-refractivity contribution in [2.45, 2.75) is 6.42 Å². The van der Waals surface area contributed by atoms with E-state index in [1.54, 1.807) is 0 Å². The lowest BCUT2D eigenvalue weighted by Gasteiger charge is -2.09. The molecule has 0 spiro atoms. The van der Waals surface area contributed by atoms with Crippen LogP contribution < -0.4 is 0 Å². The minimum Gasteiger partial charge on any atom is -0.396 e. The topological polar surface area (TPSA) is 43.0 Å². The molecule has 0 fully saturated rings. The van der Waals surface area contributed by atoms with Crippen LogP contribution in [-0.4, -0.2) is 26.1 Å². The van der Waals surface area contributed by atoms with E-state index in [0.717, 1.165) is 28.0 Å². The van der Waals surface area contributed by atoms with Crippen LogP contribution in [0, 0.1) is 0 Å². The monoisotopic (exact) mass is 317 g/mol. The summed E-state index contributed by atoms with van der Waals surface area (Å²) in [7, 11) is 2.03. The molecule has 0 atom stereocenters. The molecule has 0 aliphatic rings. The lowest BCUT2D eigenvalue weighted by Crippen LogP contribution is -1.99. The van der Waals surface area contributed by atoms with Gasteiger partial charge in [-0.25, -0.2) is 4.68 Å². The van der Waals surface area contributed by atoms with Crippen LogP contribution >= 0.6 is 0 Å². The molecular formula is C20H19N3O. The van der Waals surface area contributed by atoms with Gasteiger partial charge in [0.2, 0.25) is 0 Å². The number of fused-ring (bicyclic) bond motifs is 1. The Morgan fingerprint density at radius 3 is 2.67 bits per heavy atom. The molecule has 4 heteroatoms. The predicted octanol–water partition coefficient (Wildman–Crippen LogP) is 3.57. The molecule has 4 aromatic rings. The van der Waals surface area contributed by atoms with Crippen molar-refractivity contribution in [3.05, 3.63) is 72.6 Å². The van der Waals surface area contributed by atoms with Crippen LogP contribution in [0.25, 0.3) is 27.8 Å². The van der Waals surface area contributed by atoms with Crippen molar-refractivity contribution in [1.82, 2.24) is 14.3 Å². The van der Waals surface area contributed by atoms with Crippen LogP contribution in [0.5, 0.6) is 0 Å². The zero-order valence-electron chi connectivity index (χ0n) is 13.6. The summed E-state index contributed by atoms with van der Waals surface area (Å²) in [5.74, 6) is 0. The highest BCUT2D eigenvalue weighted by atomic mass is 16.2. The Morgan fingerprint density at radius 1 is 1.04 bits per heavy atom. The first-order valence-corrected chi connectivity index (χ1v) is 8.06. The second kappa shape index (κ2) is 5.98. The highest BCUT2D eigenvalue weighted by molar-refractivity contribution is 5.86. The van der Waals surface area contributed by atoms with E-state index in [0.29, 0.717) is 6.42 Å². The third-order valence-electron chi connectivity index (χ3n) is 4.39. The van der Waals surface area contributed by atoms with Gasteiger partial charge in [0.05, 0.1) is 17.6 Å². The first-order valence-electron chi connectivity index (χ1n) is 8.06. The maximum atomic E-state index is 9.31. The average Bonchev–Trinajstić information content (AvgIpc) is 3.21. The van der Waals surface area contributed by atoms with Gasteiger partial charge in [0.1, 0.15) is 0 Å². The van der Waals surface area contributed by atoms with E-state index >= 15 is 0 Å². The van der Waals surface area contributed by atoms with Gasteiger partial charge in [-0.3, -0.25) is 0 Å². The number of nitrogens with zero attached hydrogens (tertiary/aromatic N) is 3. The van der Waals surface area contributed by atoms with Gasteiger partial charge < -0.3 is 9.67 Å². The fourth-order valence-electron chi connectivity index (χ4n) is 3.25. The molecule has 0 bridgehead atoms. The minimum absolute atomic E-state index is 0.153. The Morgan fingerprint density at radius 2 is 1.88 bits per heavy atom. The van der Waals surface area contributed by atoms with E-state index in [1.807, 2.05) is 42.2 Å². The van der Waals surface area contributed by atoms with Crippen molar-refractivity contribution in [2.75, 3.05) is 6.61 Å². The van der Waals surface area contributed by atoms with Crippen molar-refractivity contribution in [2.24, 2.45) is 7.05 Å². The van der Waals surface area contributed by atoms with Crippen molar-refractivity contribution in [1.29, 1.82) is 0 Å². The summed E-state index contributed by atoms with van der Waals surface area (Å²) in [6.07, 6.45) is 4.57. The molecule has 0 amide bonds. The summed E-state index contributed by atoms with van der Waals surface area (Å²) in [4.78, 5) is 0. The Bertz CT molecular complexity index is 983. The van der Waals surface area contributed by atoms with Crippen LogP contribution in [0.4, 0.5) is 0 Å². The van der Waals surface area contributed by atoms with Gasteiger partial charge in [-0.2, -0.15) is 5.10 Å². The normalized spacial score (nSPS) is 11.2. The number of rotatable bonds is 4. The molecule has 2 heterocycles. The van der Waals surface area contributed by atoms with E-state index in [4.69, 9.17) is 0 Å². The Labute approximate surface area is 140 Å². The van der Waals surface area contributed by atoms with Gasteiger partial charge in [0, 0.05) is 36.3 Å². The predicted molar refractivity (Wildman–Crippen MR) is 96.3 cm³/mol. The molecule has 120 valence electrons. The second-order valence-electron chi connectivity index (χ2n) is 5.93. The van der Waals surface area contributed by atoms with Gasteiger partial charge in [-0.1, -0.05) is 30.3 Å². The molecule has 0 aliphatic heterocycles. The van der Waals surface area contributed by atoms with Crippen molar-refractivity contribution in [3.63, 3.8) is 0 Å². The summed E-state index contributed by atoms with van der Waals surface area (Å²) >= 11 is 0. The van der Waals surface area contributed by atoms with Crippen molar-refractivity contribution >= 4 is 10.9 Å². The molecular weight excluding hydrogens is 298 g/mol. The quantitative estimate of drug-likeness (QED) is 0.625. The fraction of sp³-hybridized carbons (Fsp3) is 0.150. The Kier molecular flexibility index (Phi) is 3.67. The largest absolute Gasteiger partial charge is 0.396 e. The minimum atomic E-state index is 0.153. The molecule has 2 aromatic carbocycles. The number of aryl methyl sites for hydroxylation is 1. The number of hydrogen-bond acceptors (Lipinski definition) is 2. The number of hydrogen-bond donors (Lipinski definition) is 1. The fourth-order valence-corrected chi connectivity index (χ4v) is 3.25. The van der Waals surface area contributed by atoms with E-state index in [2.05, 4.69) is 46.2 Å². The molecule has 4 nitrogen and oxygen atoms in total. The summed E-state index contributed by atoms with van der Waals surface area (Å²) in [6, 6.07) is 18.6. The van der Waals surface area contributed by atoms with E-state index in [9.17, 15) is 5.11 Å². The molecule has 2 aromatic heterocycles. The van der Waals surface area contributed by atoms with Crippen LogP contribution in [-0.2, 0) is 13.5 Å². The lowest BCUT2D eigenvalue weighted by atomic mass is 10.1. The number of aromatic nitrogens is 3. The Hall–Kier alpha value is -2.85. The van der Waals surface area contributed by atoms with E-state index in [1.165, 1.54) is 5.39 Å². The SMILES string of the molecule is Cn1cc(CCO)c2cc(-n3nccc3-c3ccccc3)ccc21. The zero-order valence-corrected chi connectivity index (χ0v) is 13.6. The molecule has 4 rings (SSSR count). The second-order valence-corrected chi connectivity index (χ2v) is 5.93. The standard InChI is InChI=1S/C20H19N3O/c1-22-14-16(10-12-24)18-13-17(7-8-20(18)22)23-19(9-11-21-23)15-5-3-2-4-6-15/h2-9,11,13-14,24H,10,12H2,1H3. The Balaban J connectivity index is 1.86. The van der Waals surface area contributed by atoms with Crippen LogP contribution in [0.2, 0.25) is 0 Å². The van der Waals surface area contributed by atoms with Crippen molar-refractivity contribution in [3.8, 4) is 16.9 Å². The molecule has 24 heavy (non-hydrogen) atoms. The van der Waals surface area contributed by atoms with Crippen LogP contribution in [0.3, 0.4) is 0 Å². The summed E-state index contributed by atoms with van der Waals surface area (Å²) in [6.45, 7) is 0.153. The first kappa shape index (κ1) is 14.7.